The van der Waals surface area contributed by atoms with E-state index in [1.807, 2.05) is 13.0 Å². The Labute approximate surface area is 130 Å². The van der Waals surface area contributed by atoms with E-state index in [1.165, 1.54) is 7.11 Å². The molecule has 0 N–H and O–H groups in total. The number of oxazole rings is 1. The van der Waals surface area contributed by atoms with Crippen LogP contribution in [0.3, 0.4) is 0 Å². The summed E-state index contributed by atoms with van der Waals surface area (Å²) in [6.45, 7) is 2.00. The molecular formula is C14H13BrClNO3. The highest BCUT2D eigenvalue weighted by Gasteiger charge is 2.22. The van der Waals surface area contributed by atoms with E-state index in [4.69, 9.17) is 20.8 Å². The second-order valence-corrected chi connectivity index (χ2v) is 5.48. The predicted molar refractivity (Wildman–Crippen MR) is 80.0 cm³/mol. The molecule has 4 nitrogen and oxygen atoms in total. The number of aromatic nitrogens is 1. The van der Waals surface area contributed by atoms with Crippen LogP contribution in [0.15, 0.2) is 27.1 Å². The molecule has 1 aromatic heterocycles. The minimum Gasteiger partial charge on any atom is -0.463 e. The van der Waals surface area contributed by atoms with Gasteiger partial charge in [-0.1, -0.05) is 40.9 Å². The molecule has 0 aliphatic heterocycles. The summed E-state index contributed by atoms with van der Waals surface area (Å²) >= 11 is 9.51. The number of rotatable bonds is 4. The maximum atomic E-state index is 11.7. The van der Waals surface area contributed by atoms with E-state index in [9.17, 15) is 4.79 Å². The van der Waals surface area contributed by atoms with Crippen molar-refractivity contribution in [2.75, 3.05) is 7.11 Å². The van der Waals surface area contributed by atoms with Gasteiger partial charge in [0, 0.05) is 4.47 Å². The van der Waals surface area contributed by atoms with Gasteiger partial charge in [0.15, 0.2) is 0 Å². The van der Waals surface area contributed by atoms with Gasteiger partial charge in [-0.3, -0.25) is 0 Å². The monoisotopic (exact) mass is 357 g/mol. The molecule has 0 amide bonds. The lowest BCUT2D eigenvalue weighted by Crippen LogP contribution is -2.03. The Morgan fingerprint density at radius 2 is 2.25 bits per heavy atom. The van der Waals surface area contributed by atoms with Crippen LogP contribution < -0.4 is 0 Å². The number of benzene rings is 1. The van der Waals surface area contributed by atoms with Crippen LogP contribution in [0, 0.1) is 0 Å². The van der Waals surface area contributed by atoms with Crippen molar-refractivity contribution in [3.8, 4) is 11.5 Å². The van der Waals surface area contributed by atoms with Gasteiger partial charge in [-0.15, -0.1) is 0 Å². The maximum Gasteiger partial charge on any atom is 0.376 e. The maximum absolute atomic E-state index is 11.7. The number of carbonyl (C=O) groups excluding carboxylic acids is 1. The summed E-state index contributed by atoms with van der Waals surface area (Å²) in [5, 5.41) is 0.500. The largest absolute Gasteiger partial charge is 0.463 e. The van der Waals surface area contributed by atoms with Crippen LogP contribution in [0.4, 0.5) is 0 Å². The van der Waals surface area contributed by atoms with Gasteiger partial charge < -0.3 is 9.15 Å². The summed E-state index contributed by atoms with van der Waals surface area (Å²) < 4.78 is 11.1. The van der Waals surface area contributed by atoms with Crippen LogP contribution in [-0.4, -0.2) is 18.1 Å². The van der Waals surface area contributed by atoms with Gasteiger partial charge in [0.2, 0.25) is 11.7 Å². The lowest BCUT2D eigenvalue weighted by molar-refractivity contribution is 0.0564. The van der Waals surface area contributed by atoms with Crippen molar-refractivity contribution in [2.24, 2.45) is 0 Å². The van der Waals surface area contributed by atoms with Crippen molar-refractivity contribution < 1.29 is 13.9 Å². The quantitative estimate of drug-likeness (QED) is 0.755. The zero-order chi connectivity index (χ0) is 14.7. The number of esters is 1. The average Bonchev–Trinajstić information content (AvgIpc) is 2.82. The zero-order valence-electron chi connectivity index (χ0n) is 11.1. The van der Waals surface area contributed by atoms with Crippen molar-refractivity contribution in [1.82, 2.24) is 4.98 Å². The summed E-state index contributed by atoms with van der Waals surface area (Å²) in [6, 6.07) is 5.37. The summed E-state index contributed by atoms with van der Waals surface area (Å²) in [4.78, 5) is 16.1. The SMILES string of the molecule is CCCc1nc(-c2ccc(Br)cc2Cl)oc1C(=O)OC. The van der Waals surface area contributed by atoms with Crippen LogP contribution in [0.25, 0.3) is 11.5 Å². The first-order chi connectivity index (χ1) is 9.56. The minimum atomic E-state index is -0.527. The summed E-state index contributed by atoms with van der Waals surface area (Å²) in [6.07, 6.45) is 1.49. The van der Waals surface area contributed by atoms with Crippen molar-refractivity contribution in [3.05, 3.63) is 39.1 Å². The molecule has 2 aromatic rings. The number of nitrogens with zero attached hydrogens (tertiary/aromatic N) is 1. The van der Waals surface area contributed by atoms with E-state index < -0.39 is 5.97 Å². The van der Waals surface area contributed by atoms with Crippen molar-refractivity contribution in [1.29, 1.82) is 0 Å². The van der Waals surface area contributed by atoms with Crippen LogP contribution in [0.1, 0.15) is 29.6 Å². The highest BCUT2D eigenvalue weighted by Crippen LogP contribution is 2.31. The third-order valence-electron chi connectivity index (χ3n) is 2.72. The van der Waals surface area contributed by atoms with E-state index >= 15 is 0 Å². The van der Waals surface area contributed by atoms with E-state index in [0.717, 1.165) is 10.9 Å². The topological polar surface area (TPSA) is 52.3 Å². The standard InChI is InChI=1S/C14H13BrClNO3/c1-3-4-11-12(14(18)19-2)20-13(17-11)9-6-5-8(15)7-10(9)16/h5-7H,3-4H2,1-2H3. The summed E-state index contributed by atoms with van der Waals surface area (Å²) in [5.41, 5.74) is 1.23. The molecule has 0 saturated carbocycles. The smallest absolute Gasteiger partial charge is 0.376 e. The molecule has 106 valence electrons. The first-order valence-electron chi connectivity index (χ1n) is 6.10. The van der Waals surface area contributed by atoms with Crippen molar-refractivity contribution in [2.45, 2.75) is 19.8 Å². The minimum absolute atomic E-state index is 0.142. The number of ether oxygens (including phenoxy) is 1. The molecule has 0 spiro atoms. The highest BCUT2D eigenvalue weighted by molar-refractivity contribution is 9.10. The van der Waals surface area contributed by atoms with Gasteiger partial charge in [0.1, 0.15) is 0 Å². The zero-order valence-corrected chi connectivity index (χ0v) is 13.4. The van der Waals surface area contributed by atoms with Crippen molar-refractivity contribution in [3.63, 3.8) is 0 Å². The van der Waals surface area contributed by atoms with Crippen LogP contribution >= 0.6 is 27.5 Å². The Kier molecular flexibility index (Phi) is 4.83. The van der Waals surface area contributed by atoms with E-state index in [-0.39, 0.29) is 5.76 Å². The average molecular weight is 359 g/mol. The fourth-order valence-corrected chi connectivity index (χ4v) is 2.54. The normalized spacial score (nSPS) is 10.6. The molecule has 0 aliphatic rings. The van der Waals surface area contributed by atoms with Gasteiger partial charge in [0.05, 0.1) is 23.4 Å². The van der Waals surface area contributed by atoms with E-state index in [0.29, 0.717) is 28.6 Å². The number of halogens is 2. The molecule has 2 rings (SSSR count). The second kappa shape index (κ2) is 6.41. The first kappa shape index (κ1) is 15.1. The third-order valence-corrected chi connectivity index (χ3v) is 3.52. The lowest BCUT2D eigenvalue weighted by Gasteiger charge is -1.99. The Bertz CT molecular complexity index is 639. The first-order valence-corrected chi connectivity index (χ1v) is 7.27. The molecule has 1 heterocycles. The van der Waals surface area contributed by atoms with Crippen LogP contribution in [0.5, 0.6) is 0 Å². The number of hydrogen-bond donors (Lipinski definition) is 0. The Balaban J connectivity index is 2.49. The number of hydrogen-bond acceptors (Lipinski definition) is 4. The summed E-state index contributed by atoms with van der Waals surface area (Å²) in [7, 11) is 1.31. The van der Waals surface area contributed by atoms with Gasteiger partial charge >= 0.3 is 5.97 Å². The Morgan fingerprint density at radius 1 is 1.50 bits per heavy atom. The Hall–Kier alpha value is -1.33. The molecule has 0 atom stereocenters. The van der Waals surface area contributed by atoms with E-state index in [2.05, 4.69) is 20.9 Å². The van der Waals surface area contributed by atoms with Gasteiger partial charge in [-0.05, 0) is 24.6 Å². The van der Waals surface area contributed by atoms with Crippen LogP contribution in [-0.2, 0) is 11.2 Å². The summed E-state index contributed by atoms with van der Waals surface area (Å²) in [5.74, 6) is -0.0601. The van der Waals surface area contributed by atoms with E-state index in [1.54, 1.807) is 12.1 Å². The number of methoxy groups -OCH3 is 1. The fourth-order valence-electron chi connectivity index (χ4n) is 1.79. The molecule has 6 heteroatoms. The molecular weight excluding hydrogens is 346 g/mol. The lowest BCUT2D eigenvalue weighted by atomic mass is 10.2. The van der Waals surface area contributed by atoms with Gasteiger partial charge in [-0.2, -0.15) is 0 Å². The molecule has 20 heavy (non-hydrogen) atoms. The van der Waals surface area contributed by atoms with Gasteiger partial charge in [-0.25, -0.2) is 9.78 Å². The highest BCUT2D eigenvalue weighted by atomic mass is 79.9. The third kappa shape index (κ3) is 3.04. The molecule has 0 aliphatic carbocycles. The molecule has 1 aromatic carbocycles. The molecule has 0 radical (unpaired) electrons. The molecule has 0 unspecified atom stereocenters. The second-order valence-electron chi connectivity index (χ2n) is 4.16. The molecule has 0 bridgehead atoms. The molecule has 0 fully saturated rings. The number of carbonyl (C=O) groups is 1. The fraction of sp³-hybridized carbons (Fsp3) is 0.286. The predicted octanol–water partition coefficient (Wildman–Crippen LogP) is 4.50. The van der Waals surface area contributed by atoms with Crippen molar-refractivity contribution >= 4 is 33.5 Å². The van der Waals surface area contributed by atoms with Crippen LogP contribution in [0.2, 0.25) is 5.02 Å². The number of aryl methyl sites for hydroxylation is 1. The molecule has 0 saturated heterocycles. The Morgan fingerprint density at radius 3 is 2.85 bits per heavy atom. The van der Waals surface area contributed by atoms with Gasteiger partial charge in [0.25, 0.3) is 0 Å².